The van der Waals surface area contributed by atoms with Gasteiger partial charge in [0.05, 0.1) is 15.9 Å². The van der Waals surface area contributed by atoms with Gasteiger partial charge >= 0.3 is 0 Å². The monoisotopic (exact) mass is 386 g/mol. The van der Waals surface area contributed by atoms with Crippen molar-refractivity contribution in [1.82, 2.24) is 0 Å². The molecule has 7 heteroatoms. The van der Waals surface area contributed by atoms with E-state index in [0.717, 1.165) is 47.6 Å². The minimum Gasteiger partial charge on any atom is -0.301 e. The number of nitrogens with one attached hydrogen (secondary N) is 1. The molecular weight excluding hydrogens is 368 g/mol. The molecule has 1 atom stereocenters. The number of aryl methyl sites for hydroxylation is 1. The Balaban J connectivity index is 1.79. The Morgan fingerprint density at radius 2 is 1.81 bits per heavy atom. The second-order valence-electron chi connectivity index (χ2n) is 5.97. The van der Waals surface area contributed by atoms with Crippen LogP contribution >= 0.6 is 0 Å². The topological polar surface area (TPSA) is 87.0 Å². The minimum atomic E-state index is -3.64. The molecule has 0 amide bonds. The van der Waals surface area contributed by atoms with Crippen LogP contribution in [0, 0.1) is 11.3 Å². The Bertz CT molecular complexity index is 1000. The van der Waals surface area contributed by atoms with Crippen LogP contribution in [0.5, 0.6) is 0 Å². The van der Waals surface area contributed by atoms with E-state index < -0.39 is 20.8 Å². The van der Waals surface area contributed by atoms with Crippen LogP contribution < -0.4 is 4.72 Å². The Hall–Kier alpha value is -2.43. The quantitative estimate of drug-likeness (QED) is 0.797. The molecule has 134 valence electrons. The van der Waals surface area contributed by atoms with Gasteiger partial charge in [-0.15, -0.1) is 0 Å². The van der Waals surface area contributed by atoms with E-state index in [0.29, 0.717) is 5.69 Å². The van der Waals surface area contributed by atoms with Crippen LogP contribution in [0.2, 0.25) is 0 Å². The minimum absolute atomic E-state index is 0.0809. The standard InChI is InChI=1S/C19H18N2O3S2/c20-13-4-14-26(23,24)17-11-9-16(10-12-17)21-25(22)19-8-3-6-15-5-1-2-7-18(15)19/h3-4,6,8-12,14,21H,1-2,5,7H2. The molecule has 0 saturated heterocycles. The molecule has 1 N–H and O–H groups in total. The summed E-state index contributed by atoms with van der Waals surface area (Å²) in [5, 5.41) is 9.33. The van der Waals surface area contributed by atoms with Crippen LogP contribution in [0.3, 0.4) is 0 Å². The number of sulfone groups is 1. The van der Waals surface area contributed by atoms with Crippen molar-refractivity contribution in [2.75, 3.05) is 4.72 Å². The molecule has 0 spiro atoms. The average molecular weight is 386 g/mol. The van der Waals surface area contributed by atoms with Gasteiger partial charge in [-0.1, -0.05) is 12.1 Å². The van der Waals surface area contributed by atoms with Crippen LogP contribution in [-0.2, 0) is 33.7 Å². The molecule has 1 unspecified atom stereocenters. The summed E-state index contributed by atoms with van der Waals surface area (Å²) in [7, 11) is -5.05. The van der Waals surface area contributed by atoms with Crippen molar-refractivity contribution in [3.63, 3.8) is 0 Å². The lowest BCUT2D eigenvalue weighted by atomic mass is 9.92. The Kier molecular flexibility index (Phi) is 5.55. The molecule has 0 aromatic heterocycles. The normalized spacial score (nSPS) is 15.2. The summed E-state index contributed by atoms with van der Waals surface area (Å²) in [5.74, 6) is 0. The Morgan fingerprint density at radius 3 is 2.54 bits per heavy atom. The van der Waals surface area contributed by atoms with Gasteiger partial charge in [0.2, 0.25) is 9.84 Å². The first-order chi connectivity index (χ1) is 12.5. The molecule has 5 nitrogen and oxygen atoms in total. The van der Waals surface area contributed by atoms with Crippen LogP contribution in [0.15, 0.2) is 63.7 Å². The summed E-state index contributed by atoms with van der Waals surface area (Å²) < 4.78 is 39.7. The second kappa shape index (κ2) is 7.85. The maximum Gasteiger partial charge on any atom is 0.200 e. The van der Waals surface area contributed by atoms with Crippen LogP contribution in [0.25, 0.3) is 0 Å². The van der Waals surface area contributed by atoms with Gasteiger partial charge in [0.1, 0.15) is 0 Å². The number of fused-ring (bicyclic) bond motifs is 1. The van der Waals surface area contributed by atoms with E-state index in [-0.39, 0.29) is 4.90 Å². The molecule has 26 heavy (non-hydrogen) atoms. The van der Waals surface area contributed by atoms with Gasteiger partial charge in [0.15, 0.2) is 11.0 Å². The van der Waals surface area contributed by atoms with E-state index in [1.54, 1.807) is 18.2 Å². The zero-order valence-electron chi connectivity index (χ0n) is 14.0. The van der Waals surface area contributed by atoms with Gasteiger partial charge in [-0.05, 0) is 67.1 Å². The van der Waals surface area contributed by atoms with E-state index in [1.165, 1.54) is 17.7 Å². The molecule has 0 radical (unpaired) electrons. The Morgan fingerprint density at radius 1 is 1.08 bits per heavy atom. The molecular formula is C19H18N2O3S2. The summed E-state index contributed by atoms with van der Waals surface area (Å²) in [6, 6.07) is 13.5. The van der Waals surface area contributed by atoms with Crippen molar-refractivity contribution < 1.29 is 12.6 Å². The molecule has 0 heterocycles. The smallest absolute Gasteiger partial charge is 0.200 e. The summed E-state index contributed by atoms with van der Waals surface area (Å²) in [5.41, 5.74) is 2.99. The first-order valence-corrected chi connectivity index (χ1v) is 10.9. The van der Waals surface area contributed by atoms with Crippen LogP contribution in [0.1, 0.15) is 24.0 Å². The van der Waals surface area contributed by atoms with Crippen LogP contribution in [0.4, 0.5) is 5.69 Å². The first-order valence-electron chi connectivity index (χ1n) is 8.22. The lowest BCUT2D eigenvalue weighted by Crippen LogP contribution is -2.12. The number of rotatable bonds is 5. The molecule has 1 aliphatic carbocycles. The fourth-order valence-electron chi connectivity index (χ4n) is 2.99. The van der Waals surface area contributed by atoms with Crippen molar-refractivity contribution >= 4 is 26.5 Å². The number of anilines is 1. The lowest BCUT2D eigenvalue weighted by molar-refractivity contribution is 0.604. The predicted molar refractivity (Wildman–Crippen MR) is 101 cm³/mol. The fourth-order valence-corrected chi connectivity index (χ4v) is 5.03. The molecule has 2 aromatic rings. The summed E-state index contributed by atoms with van der Waals surface area (Å²) in [6.07, 6.45) is 5.14. The first kappa shape index (κ1) is 18.4. The third-order valence-electron chi connectivity index (χ3n) is 4.27. The molecule has 1 aliphatic rings. The zero-order chi connectivity index (χ0) is 18.6. The second-order valence-corrected chi connectivity index (χ2v) is 8.99. The fraction of sp³-hybridized carbons (Fsp3) is 0.211. The van der Waals surface area contributed by atoms with E-state index in [9.17, 15) is 12.6 Å². The number of nitrogens with zero attached hydrogens (tertiary/aromatic N) is 1. The summed E-state index contributed by atoms with van der Waals surface area (Å²) >= 11 is 0. The number of allylic oxidation sites excluding steroid dienone is 1. The highest BCUT2D eigenvalue weighted by atomic mass is 32.2. The van der Waals surface area contributed by atoms with E-state index in [1.807, 2.05) is 12.1 Å². The molecule has 0 fully saturated rings. The number of benzene rings is 2. The molecule has 3 rings (SSSR count). The highest BCUT2D eigenvalue weighted by molar-refractivity contribution is 7.94. The summed E-state index contributed by atoms with van der Waals surface area (Å²) in [6.45, 7) is 0. The van der Waals surface area contributed by atoms with Gasteiger partial charge < -0.3 is 4.72 Å². The highest BCUT2D eigenvalue weighted by Gasteiger charge is 2.17. The van der Waals surface area contributed by atoms with Gasteiger partial charge in [0.25, 0.3) is 0 Å². The number of nitriles is 1. The van der Waals surface area contributed by atoms with Gasteiger partial charge in [-0.2, -0.15) is 5.26 Å². The lowest BCUT2D eigenvalue weighted by Gasteiger charge is -2.19. The third kappa shape index (κ3) is 4.03. The molecule has 0 aliphatic heterocycles. The van der Waals surface area contributed by atoms with Crippen molar-refractivity contribution in [2.45, 2.75) is 35.5 Å². The maximum atomic E-state index is 12.7. The van der Waals surface area contributed by atoms with Crippen molar-refractivity contribution in [3.05, 3.63) is 65.1 Å². The van der Waals surface area contributed by atoms with Crippen molar-refractivity contribution in [3.8, 4) is 6.07 Å². The highest BCUT2D eigenvalue weighted by Crippen LogP contribution is 2.27. The number of hydrogen-bond acceptors (Lipinski definition) is 4. The largest absolute Gasteiger partial charge is 0.301 e. The van der Waals surface area contributed by atoms with Gasteiger partial charge in [0, 0.05) is 17.2 Å². The molecule has 0 bridgehead atoms. The van der Waals surface area contributed by atoms with E-state index in [2.05, 4.69) is 10.8 Å². The third-order valence-corrected chi connectivity index (χ3v) is 6.89. The van der Waals surface area contributed by atoms with Crippen molar-refractivity contribution in [2.24, 2.45) is 0 Å². The molecule has 2 aromatic carbocycles. The van der Waals surface area contributed by atoms with Crippen molar-refractivity contribution in [1.29, 1.82) is 5.26 Å². The van der Waals surface area contributed by atoms with Gasteiger partial charge in [-0.25, -0.2) is 12.6 Å². The molecule has 0 saturated carbocycles. The Labute approximate surface area is 155 Å². The van der Waals surface area contributed by atoms with E-state index in [4.69, 9.17) is 5.26 Å². The maximum absolute atomic E-state index is 12.7. The van der Waals surface area contributed by atoms with E-state index >= 15 is 0 Å². The SMILES string of the molecule is N#CC=CS(=O)(=O)c1ccc(NS(=O)c2cccc3c2CCCC3)cc1. The van der Waals surface area contributed by atoms with Crippen LogP contribution in [-0.4, -0.2) is 12.6 Å². The zero-order valence-corrected chi connectivity index (χ0v) is 15.6. The number of hydrogen-bond donors (Lipinski definition) is 1. The summed E-state index contributed by atoms with van der Waals surface area (Å²) in [4.78, 5) is 0.869. The van der Waals surface area contributed by atoms with Gasteiger partial charge in [-0.3, -0.25) is 0 Å². The average Bonchev–Trinajstić information content (AvgIpc) is 2.66. The predicted octanol–water partition coefficient (Wildman–Crippen LogP) is 3.51.